The Kier molecular flexibility index (Phi) is 4.66. The normalized spacial score (nSPS) is 11.7. The number of carbonyl (C=O) groups excluding carboxylic acids is 1. The second-order valence-electron chi connectivity index (χ2n) is 4.73. The first kappa shape index (κ1) is 14.7. The van der Waals surface area contributed by atoms with Gasteiger partial charge >= 0.3 is 5.97 Å². The second kappa shape index (κ2) is 6.65. The van der Waals surface area contributed by atoms with Gasteiger partial charge in [-0.3, -0.25) is 4.79 Å². The minimum atomic E-state index is -1.15. The Balaban J connectivity index is 1.99. The molecule has 0 bridgehead atoms. The van der Waals surface area contributed by atoms with Gasteiger partial charge < -0.3 is 10.4 Å². The lowest BCUT2D eigenvalue weighted by Crippen LogP contribution is -2.28. The highest BCUT2D eigenvalue weighted by Crippen LogP contribution is 2.13. The molecule has 0 aliphatic rings. The van der Waals surface area contributed by atoms with E-state index in [1.54, 1.807) is 0 Å². The molecule has 0 aliphatic heterocycles. The fourth-order valence-corrected chi connectivity index (χ4v) is 1.92. The molecule has 0 saturated carbocycles. The molecule has 2 rings (SSSR count). The highest BCUT2D eigenvalue weighted by atomic mass is 16.4. The maximum atomic E-state index is 12.0. The predicted molar refractivity (Wildman–Crippen MR) is 78.4 cm³/mol. The topological polar surface area (TPSA) is 79.3 Å². The Bertz CT molecular complexity index is 641. The lowest BCUT2D eigenvalue weighted by atomic mass is 10.0. The van der Waals surface area contributed by atoms with E-state index in [9.17, 15) is 9.59 Å². The number of pyridine rings is 1. The van der Waals surface area contributed by atoms with Crippen LogP contribution in [0.4, 0.5) is 0 Å². The van der Waals surface area contributed by atoms with Gasteiger partial charge in [0.05, 0.1) is 0 Å². The van der Waals surface area contributed by atoms with Crippen LogP contribution in [-0.4, -0.2) is 28.5 Å². The number of rotatable bonds is 5. The SMILES string of the molecule is CC(CNC(=O)c1cccc(C(=O)O)n1)c1ccccc1. The summed E-state index contributed by atoms with van der Waals surface area (Å²) < 4.78 is 0. The van der Waals surface area contributed by atoms with Crippen molar-refractivity contribution in [1.29, 1.82) is 0 Å². The van der Waals surface area contributed by atoms with Gasteiger partial charge in [-0.2, -0.15) is 0 Å². The average molecular weight is 284 g/mol. The van der Waals surface area contributed by atoms with Crippen molar-refractivity contribution in [3.05, 3.63) is 65.5 Å². The molecule has 5 nitrogen and oxygen atoms in total. The Morgan fingerprint density at radius 3 is 2.43 bits per heavy atom. The molecule has 108 valence electrons. The van der Waals surface area contributed by atoms with Crippen molar-refractivity contribution in [3.63, 3.8) is 0 Å². The van der Waals surface area contributed by atoms with Crippen molar-refractivity contribution in [2.75, 3.05) is 6.54 Å². The molecule has 0 radical (unpaired) electrons. The molecule has 2 aromatic rings. The van der Waals surface area contributed by atoms with Crippen LogP contribution in [0.1, 0.15) is 39.4 Å². The lowest BCUT2D eigenvalue weighted by Gasteiger charge is -2.12. The van der Waals surface area contributed by atoms with Crippen LogP contribution in [0, 0.1) is 0 Å². The van der Waals surface area contributed by atoms with Crippen LogP contribution in [0.5, 0.6) is 0 Å². The van der Waals surface area contributed by atoms with Crippen LogP contribution in [0.2, 0.25) is 0 Å². The molecule has 1 aromatic heterocycles. The number of aromatic carboxylic acids is 1. The first-order valence-electron chi connectivity index (χ1n) is 6.61. The van der Waals surface area contributed by atoms with Crippen molar-refractivity contribution < 1.29 is 14.7 Å². The number of benzene rings is 1. The third-order valence-electron chi connectivity index (χ3n) is 3.14. The zero-order valence-corrected chi connectivity index (χ0v) is 11.6. The number of carboxylic acid groups (broad SMARTS) is 1. The van der Waals surface area contributed by atoms with E-state index in [2.05, 4.69) is 10.3 Å². The standard InChI is InChI=1S/C16H16N2O3/c1-11(12-6-3-2-4-7-12)10-17-15(19)13-8-5-9-14(18-13)16(20)21/h2-9,11H,10H2,1H3,(H,17,19)(H,20,21). The summed E-state index contributed by atoms with van der Waals surface area (Å²) in [7, 11) is 0. The van der Waals surface area contributed by atoms with E-state index in [0.29, 0.717) is 6.54 Å². The highest BCUT2D eigenvalue weighted by Gasteiger charge is 2.12. The van der Waals surface area contributed by atoms with Crippen molar-refractivity contribution in [3.8, 4) is 0 Å². The summed E-state index contributed by atoms with van der Waals surface area (Å²) in [6.07, 6.45) is 0. The number of carbonyl (C=O) groups is 2. The third kappa shape index (κ3) is 3.89. The number of amides is 1. The van der Waals surface area contributed by atoms with Gasteiger partial charge in [-0.25, -0.2) is 9.78 Å². The summed E-state index contributed by atoms with van der Waals surface area (Å²) in [6.45, 7) is 2.47. The molecule has 0 fully saturated rings. The molecule has 0 saturated heterocycles. The van der Waals surface area contributed by atoms with Crippen LogP contribution in [0.25, 0.3) is 0 Å². The monoisotopic (exact) mass is 284 g/mol. The molecule has 5 heteroatoms. The van der Waals surface area contributed by atoms with Gasteiger partial charge in [0.2, 0.25) is 0 Å². The van der Waals surface area contributed by atoms with Gasteiger partial charge in [-0.15, -0.1) is 0 Å². The molecule has 1 atom stereocenters. The summed E-state index contributed by atoms with van der Waals surface area (Å²) >= 11 is 0. The van der Waals surface area contributed by atoms with Crippen LogP contribution in [-0.2, 0) is 0 Å². The van der Waals surface area contributed by atoms with E-state index < -0.39 is 5.97 Å². The number of nitrogens with zero attached hydrogens (tertiary/aromatic N) is 1. The average Bonchev–Trinajstić information content (AvgIpc) is 2.53. The molecule has 0 spiro atoms. The van der Waals surface area contributed by atoms with Crippen LogP contribution >= 0.6 is 0 Å². The second-order valence-corrected chi connectivity index (χ2v) is 4.73. The summed E-state index contributed by atoms with van der Waals surface area (Å²) in [6, 6.07) is 14.2. The molecule has 2 N–H and O–H groups in total. The van der Waals surface area contributed by atoms with Crippen LogP contribution < -0.4 is 5.32 Å². The Morgan fingerprint density at radius 2 is 1.76 bits per heavy atom. The molecule has 0 aliphatic carbocycles. The van der Waals surface area contributed by atoms with E-state index in [0.717, 1.165) is 5.56 Å². The molecule has 1 amide bonds. The predicted octanol–water partition coefficient (Wildman–Crippen LogP) is 2.31. The minimum absolute atomic E-state index is 0.107. The summed E-state index contributed by atoms with van der Waals surface area (Å²) in [5.41, 5.74) is 1.10. The number of hydrogen-bond acceptors (Lipinski definition) is 3. The molecule has 1 aromatic carbocycles. The summed E-state index contributed by atoms with van der Waals surface area (Å²) in [5, 5.41) is 11.6. The maximum absolute atomic E-state index is 12.0. The van der Waals surface area contributed by atoms with E-state index in [4.69, 9.17) is 5.11 Å². The van der Waals surface area contributed by atoms with E-state index in [1.807, 2.05) is 37.3 Å². The van der Waals surface area contributed by atoms with Gasteiger partial charge in [0.15, 0.2) is 0 Å². The zero-order valence-electron chi connectivity index (χ0n) is 11.6. The number of hydrogen-bond donors (Lipinski definition) is 2. The van der Waals surface area contributed by atoms with E-state index >= 15 is 0 Å². The molecule has 1 unspecified atom stereocenters. The number of nitrogens with one attached hydrogen (secondary N) is 1. The third-order valence-corrected chi connectivity index (χ3v) is 3.14. The zero-order chi connectivity index (χ0) is 15.2. The molecular formula is C16H16N2O3. The quantitative estimate of drug-likeness (QED) is 0.883. The maximum Gasteiger partial charge on any atom is 0.354 e. The minimum Gasteiger partial charge on any atom is -0.477 e. The number of aromatic nitrogens is 1. The highest BCUT2D eigenvalue weighted by molar-refractivity contribution is 5.94. The van der Waals surface area contributed by atoms with Gasteiger partial charge in [-0.05, 0) is 23.6 Å². The van der Waals surface area contributed by atoms with E-state index in [-0.39, 0.29) is 23.2 Å². The van der Waals surface area contributed by atoms with Gasteiger partial charge in [-0.1, -0.05) is 43.3 Å². The van der Waals surface area contributed by atoms with Crippen molar-refractivity contribution in [2.24, 2.45) is 0 Å². The first-order valence-corrected chi connectivity index (χ1v) is 6.61. The van der Waals surface area contributed by atoms with Crippen molar-refractivity contribution in [1.82, 2.24) is 10.3 Å². The van der Waals surface area contributed by atoms with Crippen molar-refractivity contribution >= 4 is 11.9 Å². The van der Waals surface area contributed by atoms with Gasteiger partial charge in [0.1, 0.15) is 11.4 Å². The van der Waals surface area contributed by atoms with Gasteiger partial charge in [0.25, 0.3) is 5.91 Å². The largest absolute Gasteiger partial charge is 0.477 e. The Labute approximate surface area is 122 Å². The lowest BCUT2D eigenvalue weighted by molar-refractivity contribution is 0.0690. The molecule has 1 heterocycles. The smallest absolute Gasteiger partial charge is 0.354 e. The fourth-order valence-electron chi connectivity index (χ4n) is 1.92. The van der Waals surface area contributed by atoms with Crippen molar-refractivity contribution in [2.45, 2.75) is 12.8 Å². The summed E-state index contributed by atoms with van der Waals surface area (Å²) in [4.78, 5) is 26.6. The number of carboxylic acids is 1. The Morgan fingerprint density at radius 1 is 1.10 bits per heavy atom. The Hall–Kier alpha value is -2.69. The molecular weight excluding hydrogens is 268 g/mol. The van der Waals surface area contributed by atoms with Gasteiger partial charge in [0, 0.05) is 6.54 Å². The molecule has 21 heavy (non-hydrogen) atoms. The van der Waals surface area contributed by atoms with Crippen LogP contribution in [0.15, 0.2) is 48.5 Å². The summed E-state index contributed by atoms with van der Waals surface area (Å²) in [5.74, 6) is -1.36. The first-order chi connectivity index (χ1) is 10.1. The van der Waals surface area contributed by atoms with Crippen LogP contribution in [0.3, 0.4) is 0 Å². The fraction of sp³-hybridized carbons (Fsp3) is 0.188. The van der Waals surface area contributed by atoms with E-state index in [1.165, 1.54) is 18.2 Å².